The van der Waals surface area contributed by atoms with Crippen LogP contribution in [0.2, 0.25) is 0 Å². The summed E-state index contributed by atoms with van der Waals surface area (Å²) in [7, 11) is 0. The molecule has 0 amide bonds. The molecule has 1 heterocycles. The van der Waals surface area contributed by atoms with Gasteiger partial charge >= 0.3 is 5.97 Å². The van der Waals surface area contributed by atoms with Gasteiger partial charge in [0.25, 0.3) is 5.92 Å². The number of fused-ring (bicyclic) bond motifs is 1. The molecule has 6 heteroatoms. The second kappa shape index (κ2) is 3.55. The quantitative estimate of drug-likeness (QED) is 0.842. The number of nitrogens with zero attached hydrogens (tertiary/aromatic N) is 1. The standard InChI is InChI=1S/C10H8F2N2O2/c11-10(12,4-9(15)16)6-1-2-7-8(3-6)14-5-13-7/h1-3,5H,4H2,(H,13,14)(H,15,16). The summed E-state index contributed by atoms with van der Waals surface area (Å²) >= 11 is 0. The molecule has 2 aromatic rings. The Hall–Kier alpha value is -1.98. The maximum Gasteiger partial charge on any atom is 0.309 e. The van der Waals surface area contributed by atoms with Gasteiger partial charge in [-0.2, -0.15) is 0 Å². The van der Waals surface area contributed by atoms with Crippen molar-refractivity contribution in [3.8, 4) is 0 Å². The topological polar surface area (TPSA) is 66.0 Å². The Kier molecular flexibility index (Phi) is 2.34. The minimum Gasteiger partial charge on any atom is -0.481 e. The van der Waals surface area contributed by atoms with Crippen LogP contribution in [0.15, 0.2) is 24.5 Å². The van der Waals surface area contributed by atoms with Gasteiger partial charge in [0.2, 0.25) is 0 Å². The van der Waals surface area contributed by atoms with Gasteiger partial charge in [-0.25, -0.2) is 13.8 Å². The first-order chi connectivity index (χ1) is 7.49. The van der Waals surface area contributed by atoms with Crippen molar-refractivity contribution in [1.29, 1.82) is 0 Å². The minimum absolute atomic E-state index is 0.327. The largest absolute Gasteiger partial charge is 0.481 e. The van der Waals surface area contributed by atoms with E-state index in [1.807, 2.05) is 0 Å². The van der Waals surface area contributed by atoms with E-state index in [9.17, 15) is 13.6 Å². The van der Waals surface area contributed by atoms with E-state index in [0.717, 1.165) is 0 Å². The Morgan fingerprint density at radius 3 is 2.94 bits per heavy atom. The molecule has 2 N–H and O–H groups in total. The highest BCUT2D eigenvalue weighted by molar-refractivity contribution is 5.76. The lowest BCUT2D eigenvalue weighted by atomic mass is 10.1. The van der Waals surface area contributed by atoms with Gasteiger partial charge in [0.05, 0.1) is 17.4 Å². The molecule has 0 saturated carbocycles. The summed E-state index contributed by atoms with van der Waals surface area (Å²) in [6.07, 6.45) is 0.177. The van der Waals surface area contributed by atoms with E-state index >= 15 is 0 Å². The number of rotatable bonds is 3. The van der Waals surface area contributed by atoms with Crippen molar-refractivity contribution >= 4 is 17.0 Å². The highest BCUT2D eigenvalue weighted by Gasteiger charge is 2.34. The third kappa shape index (κ3) is 1.86. The number of carbonyl (C=O) groups is 1. The first-order valence-corrected chi connectivity index (χ1v) is 4.52. The van der Waals surface area contributed by atoms with Gasteiger partial charge in [-0.3, -0.25) is 4.79 Å². The molecular weight excluding hydrogens is 218 g/mol. The van der Waals surface area contributed by atoms with Crippen LogP contribution < -0.4 is 0 Å². The lowest BCUT2D eigenvalue weighted by molar-refractivity contribution is -0.145. The number of hydrogen-bond acceptors (Lipinski definition) is 2. The summed E-state index contributed by atoms with van der Waals surface area (Å²) in [6.45, 7) is 0. The van der Waals surface area contributed by atoms with Crippen molar-refractivity contribution in [3.63, 3.8) is 0 Å². The molecule has 0 spiro atoms. The molecular formula is C10H8F2N2O2. The van der Waals surface area contributed by atoms with E-state index in [1.54, 1.807) is 0 Å². The maximum atomic E-state index is 13.4. The number of hydrogen-bond donors (Lipinski definition) is 2. The summed E-state index contributed by atoms with van der Waals surface area (Å²) in [5.41, 5.74) is 0.698. The molecule has 1 aromatic heterocycles. The van der Waals surface area contributed by atoms with Gasteiger partial charge in [-0.1, -0.05) is 6.07 Å². The Balaban J connectivity index is 2.41. The van der Waals surface area contributed by atoms with Gasteiger partial charge in [0.1, 0.15) is 6.42 Å². The number of carboxylic acid groups (broad SMARTS) is 1. The van der Waals surface area contributed by atoms with Crippen LogP contribution in [0.4, 0.5) is 8.78 Å². The molecule has 0 unspecified atom stereocenters. The van der Waals surface area contributed by atoms with E-state index in [0.29, 0.717) is 11.0 Å². The molecule has 0 aliphatic rings. The highest BCUT2D eigenvalue weighted by Crippen LogP contribution is 2.32. The third-order valence-corrected chi connectivity index (χ3v) is 2.22. The normalized spacial score (nSPS) is 11.9. The van der Waals surface area contributed by atoms with E-state index in [1.165, 1.54) is 24.5 Å². The van der Waals surface area contributed by atoms with E-state index in [4.69, 9.17) is 5.11 Å². The zero-order chi connectivity index (χ0) is 11.8. The molecule has 0 atom stereocenters. The number of imidazole rings is 1. The van der Waals surface area contributed by atoms with Crippen molar-refractivity contribution in [3.05, 3.63) is 30.1 Å². The number of alkyl halides is 2. The molecule has 0 aliphatic heterocycles. The lowest BCUT2D eigenvalue weighted by Crippen LogP contribution is -2.18. The van der Waals surface area contributed by atoms with Crippen molar-refractivity contribution in [2.24, 2.45) is 0 Å². The Bertz CT molecular complexity index is 536. The molecule has 0 aliphatic carbocycles. The summed E-state index contributed by atoms with van der Waals surface area (Å²) in [4.78, 5) is 16.9. The molecule has 0 saturated heterocycles. The van der Waals surface area contributed by atoms with Gasteiger partial charge in [-0.15, -0.1) is 0 Å². The van der Waals surface area contributed by atoms with Crippen LogP contribution in [-0.2, 0) is 10.7 Å². The second-order valence-electron chi connectivity index (χ2n) is 3.41. The van der Waals surface area contributed by atoms with Crippen LogP contribution >= 0.6 is 0 Å². The molecule has 16 heavy (non-hydrogen) atoms. The number of carboxylic acids is 1. The smallest absolute Gasteiger partial charge is 0.309 e. The fourth-order valence-electron chi connectivity index (χ4n) is 1.46. The van der Waals surface area contributed by atoms with Crippen LogP contribution in [0.1, 0.15) is 12.0 Å². The van der Waals surface area contributed by atoms with Crippen molar-refractivity contribution in [2.75, 3.05) is 0 Å². The minimum atomic E-state index is -3.37. The lowest BCUT2D eigenvalue weighted by Gasteiger charge is -2.13. The van der Waals surface area contributed by atoms with Crippen LogP contribution in [0, 0.1) is 0 Å². The summed E-state index contributed by atoms with van der Waals surface area (Å²) in [6, 6.07) is 3.83. The fourth-order valence-corrected chi connectivity index (χ4v) is 1.46. The number of nitrogens with one attached hydrogen (secondary N) is 1. The number of benzene rings is 1. The second-order valence-corrected chi connectivity index (χ2v) is 3.41. The third-order valence-electron chi connectivity index (χ3n) is 2.22. The summed E-state index contributed by atoms with van der Waals surface area (Å²) in [5.74, 6) is -4.90. The first kappa shape index (κ1) is 10.5. The van der Waals surface area contributed by atoms with E-state index in [2.05, 4.69) is 9.97 Å². The fraction of sp³-hybridized carbons (Fsp3) is 0.200. The van der Waals surface area contributed by atoms with Crippen molar-refractivity contribution < 1.29 is 18.7 Å². The number of aromatic nitrogens is 2. The first-order valence-electron chi connectivity index (χ1n) is 4.52. The van der Waals surface area contributed by atoms with Crippen molar-refractivity contribution in [1.82, 2.24) is 9.97 Å². The zero-order valence-electron chi connectivity index (χ0n) is 8.08. The van der Waals surface area contributed by atoms with Gasteiger partial charge in [-0.05, 0) is 12.1 Å². The Morgan fingerprint density at radius 2 is 2.25 bits per heavy atom. The molecule has 2 rings (SSSR count). The Morgan fingerprint density at radius 1 is 1.50 bits per heavy atom. The monoisotopic (exact) mass is 226 g/mol. The maximum absolute atomic E-state index is 13.4. The zero-order valence-corrected chi connectivity index (χ0v) is 8.08. The number of H-pyrrole nitrogens is 1. The predicted molar refractivity (Wildman–Crippen MR) is 52.2 cm³/mol. The molecule has 0 bridgehead atoms. The van der Waals surface area contributed by atoms with E-state index < -0.39 is 18.3 Å². The summed E-state index contributed by atoms with van der Waals surface area (Å²) in [5, 5.41) is 8.38. The molecule has 4 nitrogen and oxygen atoms in total. The SMILES string of the molecule is O=C(O)CC(F)(F)c1ccc2nc[nH]c2c1. The van der Waals surface area contributed by atoms with Crippen molar-refractivity contribution in [2.45, 2.75) is 12.3 Å². The van der Waals surface area contributed by atoms with Crippen LogP contribution in [0.3, 0.4) is 0 Å². The predicted octanol–water partition coefficient (Wildman–Crippen LogP) is 2.13. The molecule has 0 fully saturated rings. The van der Waals surface area contributed by atoms with Gasteiger partial charge in [0, 0.05) is 5.56 Å². The molecule has 84 valence electrons. The average Bonchev–Trinajstić information content (AvgIpc) is 2.61. The van der Waals surface area contributed by atoms with Crippen LogP contribution in [-0.4, -0.2) is 21.0 Å². The average molecular weight is 226 g/mol. The van der Waals surface area contributed by atoms with Gasteiger partial charge < -0.3 is 10.1 Å². The summed E-state index contributed by atoms with van der Waals surface area (Å²) < 4.78 is 26.9. The van der Waals surface area contributed by atoms with Crippen LogP contribution in [0.5, 0.6) is 0 Å². The molecule has 0 radical (unpaired) electrons. The number of aromatic amines is 1. The van der Waals surface area contributed by atoms with Gasteiger partial charge in [0.15, 0.2) is 0 Å². The molecule has 1 aromatic carbocycles. The highest BCUT2D eigenvalue weighted by atomic mass is 19.3. The number of aliphatic carboxylic acids is 1. The Labute approximate surface area is 88.9 Å². The van der Waals surface area contributed by atoms with Crippen LogP contribution in [0.25, 0.3) is 11.0 Å². The van der Waals surface area contributed by atoms with E-state index in [-0.39, 0.29) is 5.56 Å². The number of halogens is 2.